The molecule has 2 N–H and O–H groups in total. The lowest BCUT2D eigenvalue weighted by atomic mass is 10.1. The van der Waals surface area contributed by atoms with E-state index < -0.39 is 0 Å². The summed E-state index contributed by atoms with van der Waals surface area (Å²) in [6.07, 6.45) is 2.92. The molecule has 0 spiro atoms. The maximum atomic E-state index is 12.7. The quantitative estimate of drug-likeness (QED) is 0.537. The number of fused-ring (bicyclic) bond motifs is 2. The number of rotatable bonds is 5. The molecule has 0 atom stereocenters. The van der Waals surface area contributed by atoms with E-state index in [-0.39, 0.29) is 12.2 Å². The number of oxazole rings is 1. The predicted octanol–water partition coefficient (Wildman–Crippen LogP) is 3.53. The third-order valence-corrected chi connectivity index (χ3v) is 4.77. The fraction of sp³-hybridized carbons (Fsp3) is 0.143. The zero-order chi connectivity index (χ0) is 19.8. The maximum absolute atomic E-state index is 12.7. The molecule has 0 unspecified atom stereocenters. The molecule has 0 aliphatic carbocycles. The van der Waals surface area contributed by atoms with E-state index in [2.05, 4.69) is 15.3 Å². The standard InChI is InChI=1S/C21H17N3O5/c1-26-18-6-15-13(5-14(18)20-9-22-10-27-20)16(25)7-21(24-15)23-8-12-2-3-17-19(4-12)29-11-28-17/h2-7,9-10H,8,11H2,1H3,(H2,23,24,25). The SMILES string of the molecule is COc1cc2[nH]c(NCc3ccc4c(c3)OCO4)cc(=O)c2cc1-c1cnco1. The van der Waals surface area contributed by atoms with Crippen LogP contribution >= 0.6 is 0 Å². The second-order valence-electron chi connectivity index (χ2n) is 6.55. The summed E-state index contributed by atoms with van der Waals surface area (Å²) in [7, 11) is 1.57. The van der Waals surface area contributed by atoms with Crippen LogP contribution in [0.4, 0.5) is 5.82 Å². The zero-order valence-corrected chi connectivity index (χ0v) is 15.5. The number of nitrogens with one attached hydrogen (secondary N) is 2. The summed E-state index contributed by atoms with van der Waals surface area (Å²) in [5, 5.41) is 3.78. The number of aromatic nitrogens is 2. The van der Waals surface area contributed by atoms with Crippen molar-refractivity contribution < 1.29 is 18.6 Å². The topological polar surface area (TPSA) is 98.6 Å². The highest BCUT2D eigenvalue weighted by atomic mass is 16.7. The molecule has 146 valence electrons. The molecule has 0 fully saturated rings. The molecule has 29 heavy (non-hydrogen) atoms. The van der Waals surface area contributed by atoms with Gasteiger partial charge in [0, 0.05) is 24.1 Å². The Morgan fingerprint density at radius 1 is 1.17 bits per heavy atom. The van der Waals surface area contributed by atoms with Gasteiger partial charge in [-0.05, 0) is 23.8 Å². The van der Waals surface area contributed by atoms with Gasteiger partial charge in [-0.15, -0.1) is 0 Å². The lowest BCUT2D eigenvalue weighted by Gasteiger charge is -2.11. The average Bonchev–Trinajstić information content (AvgIpc) is 3.43. The highest BCUT2D eigenvalue weighted by Gasteiger charge is 2.15. The molecule has 0 radical (unpaired) electrons. The molecule has 1 aliphatic rings. The minimum absolute atomic E-state index is 0.115. The van der Waals surface area contributed by atoms with E-state index >= 15 is 0 Å². The van der Waals surface area contributed by atoms with Crippen molar-refractivity contribution in [2.24, 2.45) is 0 Å². The molecule has 2 aromatic heterocycles. The van der Waals surface area contributed by atoms with Crippen molar-refractivity contribution in [2.75, 3.05) is 19.2 Å². The van der Waals surface area contributed by atoms with Gasteiger partial charge in [0.05, 0.1) is 24.4 Å². The van der Waals surface area contributed by atoms with Crippen molar-refractivity contribution in [3.05, 3.63) is 64.8 Å². The van der Waals surface area contributed by atoms with Crippen molar-refractivity contribution in [1.29, 1.82) is 0 Å². The molecular weight excluding hydrogens is 374 g/mol. The Morgan fingerprint density at radius 2 is 2.07 bits per heavy atom. The summed E-state index contributed by atoms with van der Waals surface area (Å²) in [6, 6.07) is 10.8. The number of H-pyrrole nitrogens is 1. The summed E-state index contributed by atoms with van der Waals surface area (Å²) < 4.78 is 21.6. The molecule has 3 heterocycles. The van der Waals surface area contributed by atoms with Crippen molar-refractivity contribution in [1.82, 2.24) is 9.97 Å². The first-order valence-electron chi connectivity index (χ1n) is 8.97. The van der Waals surface area contributed by atoms with Crippen LogP contribution in [0.1, 0.15) is 5.56 Å². The second kappa shape index (κ2) is 6.90. The van der Waals surface area contributed by atoms with Crippen LogP contribution in [-0.2, 0) is 6.54 Å². The molecular formula is C21H17N3O5. The number of nitrogens with zero attached hydrogens (tertiary/aromatic N) is 1. The molecule has 0 saturated carbocycles. The number of ether oxygens (including phenoxy) is 3. The predicted molar refractivity (Wildman–Crippen MR) is 107 cm³/mol. The van der Waals surface area contributed by atoms with Gasteiger partial charge < -0.3 is 28.9 Å². The minimum Gasteiger partial charge on any atom is -0.496 e. The highest BCUT2D eigenvalue weighted by molar-refractivity contribution is 5.88. The summed E-state index contributed by atoms with van der Waals surface area (Å²) in [6.45, 7) is 0.757. The molecule has 8 nitrogen and oxygen atoms in total. The van der Waals surface area contributed by atoms with Crippen LogP contribution in [0, 0.1) is 0 Å². The molecule has 0 saturated heterocycles. The van der Waals surface area contributed by atoms with Crippen LogP contribution in [0.5, 0.6) is 17.2 Å². The number of benzene rings is 2. The van der Waals surface area contributed by atoms with Crippen molar-refractivity contribution in [2.45, 2.75) is 6.54 Å². The summed E-state index contributed by atoms with van der Waals surface area (Å²) in [4.78, 5) is 19.9. The van der Waals surface area contributed by atoms with Gasteiger partial charge in [0.15, 0.2) is 29.1 Å². The Kier molecular flexibility index (Phi) is 4.09. The molecule has 0 amide bonds. The van der Waals surface area contributed by atoms with Crippen LogP contribution in [0.2, 0.25) is 0 Å². The zero-order valence-electron chi connectivity index (χ0n) is 15.5. The maximum Gasteiger partial charge on any atom is 0.231 e. The summed E-state index contributed by atoms with van der Waals surface area (Å²) in [5.41, 5.74) is 2.22. The lowest BCUT2D eigenvalue weighted by molar-refractivity contribution is 0.174. The second-order valence-corrected chi connectivity index (χ2v) is 6.55. The summed E-state index contributed by atoms with van der Waals surface area (Å²) in [5.74, 6) is 3.18. The third kappa shape index (κ3) is 3.14. The molecule has 0 bridgehead atoms. The molecule has 5 rings (SSSR count). The smallest absolute Gasteiger partial charge is 0.231 e. The normalized spacial score (nSPS) is 12.3. The van der Waals surface area contributed by atoms with Gasteiger partial charge in [-0.2, -0.15) is 0 Å². The molecule has 4 aromatic rings. The Bertz CT molecular complexity index is 1250. The monoisotopic (exact) mass is 391 g/mol. The van der Waals surface area contributed by atoms with E-state index in [1.165, 1.54) is 12.5 Å². The van der Waals surface area contributed by atoms with Crippen LogP contribution in [0.25, 0.3) is 22.2 Å². The first-order valence-corrected chi connectivity index (χ1v) is 8.97. The average molecular weight is 391 g/mol. The van der Waals surface area contributed by atoms with Crippen LogP contribution in [-0.4, -0.2) is 23.9 Å². The Labute approximate surface area is 165 Å². The minimum atomic E-state index is -0.115. The number of methoxy groups -OCH3 is 1. The number of aromatic amines is 1. The fourth-order valence-corrected chi connectivity index (χ4v) is 3.33. The van der Waals surface area contributed by atoms with E-state index in [1.807, 2.05) is 18.2 Å². The first kappa shape index (κ1) is 17.2. The van der Waals surface area contributed by atoms with Gasteiger partial charge >= 0.3 is 0 Å². The van der Waals surface area contributed by atoms with E-state index in [4.69, 9.17) is 18.6 Å². The first-order chi connectivity index (χ1) is 14.2. The van der Waals surface area contributed by atoms with Gasteiger partial charge in [0.1, 0.15) is 11.6 Å². The van der Waals surface area contributed by atoms with E-state index in [1.54, 1.807) is 25.4 Å². The molecule has 1 aliphatic heterocycles. The molecule has 2 aromatic carbocycles. The van der Waals surface area contributed by atoms with Crippen LogP contribution in [0.3, 0.4) is 0 Å². The lowest BCUT2D eigenvalue weighted by Crippen LogP contribution is -2.08. The van der Waals surface area contributed by atoms with Gasteiger partial charge in [0.25, 0.3) is 0 Å². The van der Waals surface area contributed by atoms with Crippen molar-refractivity contribution in [3.8, 4) is 28.6 Å². The van der Waals surface area contributed by atoms with Gasteiger partial charge in [0.2, 0.25) is 6.79 Å². The van der Waals surface area contributed by atoms with Crippen molar-refractivity contribution >= 4 is 16.7 Å². The number of hydrogen-bond acceptors (Lipinski definition) is 7. The van der Waals surface area contributed by atoms with Crippen LogP contribution in [0.15, 0.2) is 58.2 Å². The van der Waals surface area contributed by atoms with E-state index in [0.717, 1.165) is 17.1 Å². The number of hydrogen-bond donors (Lipinski definition) is 2. The number of pyridine rings is 1. The molecule has 8 heteroatoms. The Morgan fingerprint density at radius 3 is 2.90 bits per heavy atom. The fourth-order valence-electron chi connectivity index (χ4n) is 3.33. The largest absolute Gasteiger partial charge is 0.496 e. The third-order valence-electron chi connectivity index (χ3n) is 4.77. The summed E-state index contributed by atoms with van der Waals surface area (Å²) >= 11 is 0. The van der Waals surface area contributed by atoms with E-state index in [0.29, 0.717) is 40.3 Å². The highest BCUT2D eigenvalue weighted by Crippen LogP contribution is 2.34. The Hall–Kier alpha value is -3.94. The van der Waals surface area contributed by atoms with Crippen molar-refractivity contribution in [3.63, 3.8) is 0 Å². The Balaban J connectivity index is 1.46. The van der Waals surface area contributed by atoms with Crippen LogP contribution < -0.4 is 25.0 Å². The van der Waals surface area contributed by atoms with E-state index in [9.17, 15) is 4.79 Å². The van der Waals surface area contributed by atoms with Gasteiger partial charge in [-0.3, -0.25) is 4.79 Å². The van der Waals surface area contributed by atoms with Gasteiger partial charge in [-0.25, -0.2) is 4.98 Å². The number of anilines is 1. The van der Waals surface area contributed by atoms with Gasteiger partial charge in [-0.1, -0.05) is 6.07 Å².